The maximum absolute atomic E-state index is 12.3. The first-order valence-corrected chi connectivity index (χ1v) is 8.67. The molecule has 0 unspecified atom stereocenters. The van der Waals surface area contributed by atoms with Crippen LogP contribution < -0.4 is 11.0 Å². The lowest BCUT2D eigenvalue weighted by Gasteiger charge is -2.19. The van der Waals surface area contributed by atoms with E-state index in [1.54, 1.807) is 15.9 Å². The van der Waals surface area contributed by atoms with Crippen molar-refractivity contribution < 1.29 is 0 Å². The minimum absolute atomic E-state index is 0.188. The normalized spacial score (nSPS) is 12.6. The number of rotatable bonds is 3. The van der Waals surface area contributed by atoms with E-state index in [0.717, 1.165) is 29.8 Å². The fraction of sp³-hybridized carbons (Fsp3) is 0.222. The van der Waals surface area contributed by atoms with Gasteiger partial charge in [0.2, 0.25) is 0 Å². The predicted molar refractivity (Wildman–Crippen MR) is 94.6 cm³/mol. The van der Waals surface area contributed by atoms with Gasteiger partial charge in [0.05, 0.1) is 5.69 Å². The number of aryl methyl sites for hydroxylation is 2. The molecule has 116 valence electrons. The molecule has 0 spiro atoms. The number of fused-ring (bicyclic) bond motifs is 3. The van der Waals surface area contributed by atoms with E-state index < -0.39 is 0 Å². The Morgan fingerprint density at radius 1 is 1.26 bits per heavy atom. The van der Waals surface area contributed by atoms with E-state index in [9.17, 15) is 4.79 Å². The van der Waals surface area contributed by atoms with Crippen LogP contribution in [-0.4, -0.2) is 9.55 Å². The molecule has 0 saturated heterocycles. The minimum atomic E-state index is -0.188. The molecule has 0 bridgehead atoms. The minimum Gasteiger partial charge on any atom is -0.340 e. The van der Waals surface area contributed by atoms with Gasteiger partial charge >= 0.3 is 5.69 Å². The van der Waals surface area contributed by atoms with Crippen LogP contribution in [0.4, 0.5) is 11.5 Å². The lowest BCUT2D eigenvalue weighted by atomic mass is 10.1. The summed E-state index contributed by atoms with van der Waals surface area (Å²) in [5, 5.41) is 5.33. The number of benzene rings is 1. The number of nitrogens with one attached hydrogen (secondary N) is 1. The van der Waals surface area contributed by atoms with Gasteiger partial charge in [0.25, 0.3) is 0 Å². The molecule has 3 aromatic rings. The van der Waals surface area contributed by atoms with Crippen LogP contribution >= 0.6 is 11.3 Å². The van der Waals surface area contributed by atoms with Gasteiger partial charge in [0.1, 0.15) is 5.82 Å². The molecule has 2 aromatic heterocycles. The van der Waals surface area contributed by atoms with E-state index in [0.29, 0.717) is 12.4 Å². The second-order valence-electron chi connectivity index (χ2n) is 5.64. The van der Waals surface area contributed by atoms with Crippen LogP contribution in [0.2, 0.25) is 0 Å². The average molecular weight is 323 g/mol. The second kappa shape index (κ2) is 5.66. The summed E-state index contributed by atoms with van der Waals surface area (Å²) in [4.78, 5) is 17.8. The molecule has 4 rings (SSSR count). The van der Waals surface area contributed by atoms with Gasteiger partial charge in [0.15, 0.2) is 0 Å². The molecule has 1 aromatic carbocycles. The fourth-order valence-electron chi connectivity index (χ4n) is 2.96. The molecule has 0 saturated carbocycles. The summed E-state index contributed by atoms with van der Waals surface area (Å²) >= 11 is 1.75. The lowest BCUT2D eigenvalue weighted by Crippen LogP contribution is -2.28. The maximum atomic E-state index is 12.3. The third-order valence-corrected chi connectivity index (χ3v) is 5.21. The second-order valence-corrected chi connectivity index (χ2v) is 6.64. The Morgan fingerprint density at radius 3 is 2.87 bits per heavy atom. The van der Waals surface area contributed by atoms with Gasteiger partial charge in [-0.15, -0.1) is 11.3 Å². The number of anilines is 2. The third kappa shape index (κ3) is 2.57. The quantitative estimate of drug-likeness (QED) is 0.797. The van der Waals surface area contributed by atoms with E-state index >= 15 is 0 Å². The number of hydrogen-bond acceptors (Lipinski definition) is 4. The fourth-order valence-corrected chi connectivity index (χ4v) is 3.83. The summed E-state index contributed by atoms with van der Waals surface area (Å²) in [5.74, 6) is 0.601. The zero-order chi connectivity index (χ0) is 15.8. The van der Waals surface area contributed by atoms with E-state index in [2.05, 4.69) is 40.8 Å². The van der Waals surface area contributed by atoms with E-state index in [1.165, 1.54) is 10.4 Å². The van der Waals surface area contributed by atoms with Crippen molar-refractivity contribution in [3.05, 3.63) is 62.7 Å². The molecule has 0 atom stereocenters. The smallest absolute Gasteiger partial charge is 0.340 e. The van der Waals surface area contributed by atoms with Gasteiger partial charge in [-0.05, 0) is 35.6 Å². The molecule has 0 aliphatic carbocycles. The van der Waals surface area contributed by atoms with Crippen LogP contribution in [0.15, 0.2) is 46.6 Å². The predicted octanol–water partition coefficient (Wildman–Crippen LogP) is 3.83. The van der Waals surface area contributed by atoms with Crippen LogP contribution in [0, 0.1) is 0 Å². The molecule has 0 fully saturated rings. The Morgan fingerprint density at radius 2 is 2.09 bits per heavy atom. The van der Waals surface area contributed by atoms with Crippen LogP contribution in [0.3, 0.4) is 0 Å². The third-order valence-electron chi connectivity index (χ3n) is 4.23. The number of hydrogen-bond donors (Lipinski definition) is 1. The molecule has 5 heteroatoms. The highest BCUT2D eigenvalue weighted by molar-refractivity contribution is 7.10. The molecule has 0 amide bonds. The van der Waals surface area contributed by atoms with Crippen molar-refractivity contribution in [3.8, 4) is 11.3 Å². The van der Waals surface area contributed by atoms with Crippen molar-refractivity contribution in [2.45, 2.75) is 26.3 Å². The Bertz CT molecular complexity index is 909. The number of nitrogens with zero attached hydrogens (tertiary/aromatic N) is 2. The first-order chi connectivity index (χ1) is 11.2. The van der Waals surface area contributed by atoms with Crippen LogP contribution in [0.25, 0.3) is 11.3 Å². The van der Waals surface area contributed by atoms with E-state index in [-0.39, 0.29) is 5.69 Å². The summed E-state index contributed by atoms with van der Waals surface area (Å²) in [6.07, 6.45) is 1.92. The van der Waals surface area contributed by atoms with Crippen LogP contribution in [0.5, 0.6) is 0 Å². The highest BCUT2D eigenvalue weighted by Gasteiger charge is 2.19. The first kappa shape index (κ1) is 14.2. The summed E-state index contributed by atoms with van der Waals surface area (Å²) in [6, 6.07) is 12.3. The molecular formula is C18H17N3OS. The molecular weight excluding hydrogens is 306 g/mol. The topological polar surface area (TPSA) is 46.9 Å². The molecule has 4 nitrogen and oxygen atoms in total. The van der Waals surface area contributed by atoms with Crippen molar-refractivity contribution in [3.63, 3.8) is 0 Å². The highest BCUT2D eigenvalue weighted by atomic mass is 32.1. The zero-order valence-electron chi connectivity index (χ0n) is 12.9. The Kier molecular flexibility index (Phi) is 3.50. The van der Waals surface area contributed by atoms with Gasteiger partial charge in [-0.25, -0.2) is 4.79 Å². The monoisotopic (exact) mass is 323 g/mol. The Labute approximate surface area is 138 Å². The number of thiophene rings is 1. The standard InChI is InChI=1S/C18H17N3OS/c1-2-12-3-5-13(6-4-12)19-17-11-15-14-8-10-23-16(14)7-9-21(15)18(22)20-17/h3-6,8,10-11H,2,7,9H2,1H3,(H,19,20,22). The van der Waals surface area contributed by atoms with Gasteiger partial charge in [-0.3, -0.25) is 4.57 Å². The van der Waals surface area contributed by atoms with Crippen molar-refractivity contribution >= 4 is 22.8 Å². The summed E-state index contributed by atoms with van der Waals surface area (Å²) < 4.78 is 1.76. The van der Waals surface area contributed by atoms with Gasteiger partial charge in [0, 0.05) is 35.2 Å². The molecule has 23 heavy (non-hydrogen) atoms. The Hall–Kier alpha value is -2.40. The van der Waals surface area contributed by atoms with E-state index in [4.69, 9.17) is 0 Å². The van der Waals surface area contributed by atoms with Gasteiger partial charge in [-0.1, -0.05) is 19.1 Å². The summed E-state index contributed by atoms with van der Waals surface area (Å²) in [5.41, 5.74) is 4.16. The van der Waals surface area contributed by atoms with Crippen LogP contribution in [0.1, 0.15) is 17.4 Å². The van der Waals surface area contributed by atoms with Crippen molar-refractivity contribution in [1.29, 1.82) is 0 Å². The lowest BCUT2D eigenvalue weighted by molar-refractivity contribution is 0.647. The molecule has 0 radical (unpaired) electrons. The first-order valence-electron chi connectivity index (χ1n) is 7.79. The average Bonchev–Trinajstić information content (AvgIpc) is 3.05. The highest BCUT2D eigenvalue weighted by Crippen LogP contribution is 2.33. The van der Waals surface area contributed by atoms with Crippen molar-refractivity contribution in [1.82, 2.24) is 9.55 Å². The van der Waals surface area contributed by atoms with Gasteiger partial charge in [-0.2, -0.15) is 4.98 Å². The largest absolute Gasteiger partial charge is 0.350 e. The maximum Gasteiger partial charge on any atom is 0.350 e. The summed E-state index contributed by atoms with van der Waals surface area (Å²) in [6.45, 7) is 2.84. The SMILES string of the molecule is CCc1ccc(Nc2cc3n(c(=O)n2)CCc2sccc2-3)cc1. The molecule has 1 aliphatic rings. The zero-order valence-corrected chi connectivity index (χ0v) is 13.7. The number of aromatic nitrogens is 2. The van der Waals surface area contributed by atoms with Crippen LogP contribution in [-0.2, 0) is 19.4 Å². The summed E-state index contributed by atoms with van der Waals surface area (Å²) in [7, 11) is 0. The molecule has 3 heterocycles. The molecule has 1 aliphatic heterocycles. The van der Waals surface area contributed by atoms with Gasteiger partial charge < -0.3 is 5.32 Å². The van der Waals surface area contributed by atoms with Crippen molar-refractivity contribution in [2.24, 2.45) is 0 Å². The van der Waals surface area contributed by atoms with Crippen molar-refractivity contribution in [2.75, 3.05) is 5.32 Å². The Balaban J connectivity index is 1.72. The molecule has 1 N–H and O–H groups in total. The van der Waals surface area contributed by atoms with E-state index in [1.807, 2.05) is 18.2 Å².